The lowest BCUT2D eigenvalue weighted by Gasteiger charge is -2.16. The van der Waals surface area contributed by atoms with Crippen LogP contribution in [-0.2, 0) is 4.79 Å². The van der Waals surface area contributed by atoms with Crippen molar-refractivity contribution in [3.05, 3.63) is 68.6 Å². The summed E-state index contributed by atoms with van der Waals surface area (Å²) in [6.07, 6.45) is 0.358. The summed E-state index contributed by atoms with van der Waals surface area (Å²) >= 11 is 10.6. The van der Waals surface area contributed by atoms with Gasteiger partial charge >= 0.3 is 0 Å². The first kappa shape index (κ1) is 19.0. The van der Waals surface area contributed by atoms with E-state index in [1.54, 1.807) is 35.2 Å². The van der Waals surface area contributed by atoms with Crippen LogP contribution < -0.4 is 10.2 Å². The molecule has 0 aliphatic carbocycles. The lowest BCUT2D eigenvalue weighted by atomic mass is 10.1. The van der Waals surface area contributed by atoms with E-state index in [0.717, 1.165) is 15.2 Å². The van der Waals surface area contributed by atoms with Gasteiger partial charge in [-0.15, -0.1) is 10.2 Å². The monoisotopic (exact) mass is 476 g/mol. The Kier molecular flexibility index (Phi) is 5.43. The van der Waals surface area contributed by atoms with Crippen LogP contribution in [0, 0.1) is 0 Å². The second-order valence-corrected chi connectivity index (χ2v) is 8.65. The maximum atomic E-state index is 12.4. The van der Waals surface area contributed by atoms with Crippen molar-refractivity contribution in [2.75, 3.05) is 16.8 Å². The zero-order chi connectivity index (χ0) is 19.7. The van der Waals surface area contributed by atoms with Gasteiger partial charge in [-0.05, 0) is 42.5 Å². The first-order chi connectivity index (χ1) is 13.5. The predicted octanol–water partition coefficient (Wildman–Crippen LogP) is 4.73. The Hall–Kier alpha value is -2.29. The van der Waals surface area contributed by atoms with Crippen molar-refractivity contribution in [3.63, 3.8) is 0 Å². The molecular formula is C19H14BrClN4O2S. The molecule has 1 fully saturated rings. The van der Waals surface area contributed by atoms with Crippen molar-refractivity contribution >= 4 is 61.5 Å². The van der Waals surface area contributed by atoms with Gasteiger partial charge in [0, 0.05) is 39.6 Å². The molecule has 0 radical (unpaired) electrons. The van der Waals surface area contributed by atoms with Crippen LogP contribution in [0.1, 0.15) is 27.7 Å². The molecule has 2 heterocycles. The van der Waals surface area contributed by atoms with Gasteiger partial charge in [0.25, 0.3) is 5.91 Å². The maximum absolute atomic E-state index is 12.4. The molecule has 0 saturated carbocycles. The molecule has 0 spiro atoms. The summed E-state index contributed by atoms with van der Waals surface area (Å²) in [4.78, 5) is 26.5. The van der Waals surface area contributed by atoms with Gasteiger partial charge < -0.3 is 4.90 Å². The lowest BCUT2D eigenvalue weighted by molar-refractivity contribution is -0.117. The van der Waals surface area contributed by atoms with Gasteiger partial charge in [0.15, 0.2) is 0 Å². The molecule has 1 unspecified atom stereocenters. The fraction of sp³-hybridized carbons (Fsp3) is 0.158. The van der Waals surface area contributed by atoms with E-state index >= 15 is 0 Å². The van der Waals surface area contributed by atoms with Gasteiger partial charge in [0.2, 0.25) is 11.0 Å². The quantitative estimate of drug-likeness (QED) is 0.590. The lowest BCUT2D eigenvalue weighted by Crippen LogP contribution is -2.24. The third-order valence-electron chi connectivity index (χ3n) is 4.36. The number of nitrogens with one attached hydrogen (secondary N) is 1. The molecule has 1 aliphatic rings. The summed E-state index contributed by atoms with van der Waals surface area (Å²) < 4.78 is 0.824. The number of hydrogen-bond acceptors (Lipinski definition) is 5. The molecule has 4 rings (SSSR count). The van der Waals surface area contributed by atoms with E-state index in [9.17, 15) is 9.59 Å². The van der Waals surface area contributed by atoms with Crippen molar-refractivity contribution in [2.45, 2.75) is 12.3 Å². The number of nitrogens with zero attached hydrogens (tertiary/aromatic N) is 3. The van der Waals surface area contributed by atoms with Crippen LogP contribution in [0.25, 0.3) is 0 Å². The average Bonchev–Trinajstić information content (AvgIpc) is 3.29. The van der Waals surface area contributed by atoms with Crippen molar-refractivity contribution in [1.82, 2.24) is 10.2 Å². The number of benzene rings is 2. The maximum Gasteiger partial charge on any atom is 0.257 e. The van der Waals surface area contributed by atoms with Gasteiger partial charge in [-0.25, -0.2) is 0 Å². The largest absolute Gasteiger partial charge is 0.312 e. The van der Waals surface area contributed by atoms with Crippen LogP contribution in [0.4, 0.5) is 10.8 Å². The molecule has 0 bridgehead atoms. The van der Waals surface area contributed by atoms with Crippen molar-refractivity contribution in [3.8, 4) is 0 Å². The van der Waals surface area contributed by atoms with Crippen LogP contribution in [0.3, 0.4) is 0 Å². The number of halogens is 2. The molecule has 1 saturated heterocycles. The molecule has 1 aromatic heterocycles. The Labute approximate surface area is 178 Å². The molecule has 1 aliphatic heterocycles. The second kappa shape index (κ2) is 7.98. The average molecular weight is 478 g/mol. The first-order valence-corrected chi connectivity index (χ1v) is 10.4. The van der Waals surface area contributed by atoms with Gasteiger partial charge in [-0.3, -0.25) is 14.9 Å². The number of anilines is 2. The number of amides is 2. The third kappa shape index (κ3) is 4.09. The topological polar surface area (TPSA) is 75.2 Å². The normalized spacial score (nSPS) is 16.4. The number of rotatable bonds is 4. The van der Waals surface area contributed by atoms with Gasteiger partial charge in [0.1, 0.15) is 5.01 Å². The molecular weight excluding hydrogens is 464 g/mol. The first-order valence-electron chi connectivity index (χ1n) is 8.46. The van der Waals surface area contributed by atoms with E-state index in [4.69, 9.17) is 11.6 Å². The summed E-state index contributed by atoms with van der Waals surface area (Å²) in [6.45, 7) is 0.522. The highest BCUT2D eigenvalue weighted by molar-refractivity contribution is 9.10. The van der Waals surface area contributed by atoms with Crippen molar-refractivity contribution in [2.24, 2.45) is 0 Å². The van der Waals surface area contributed by atoms with Crippen LogP contribution in [-0.4, -0.2) is 28.6 Å². The molecule has 1 N–H and O–H groups in total. The summed E-state index contributed by atoms with van der Waals surface area (Å²) in [5.41, 5.74) is 1.33. The van der Waals surface area contributed by atoms with Gasteiger partial charge in [-0.2, -0.15) is 0 Å². The Balaban J connectivity index is 1.45. The summed E-state index contributed by atoms with van der Waals surface area (Å²) in [5.74, 6) is -0.284. The summed E-state index contributed by atoms with van der Waals surface area (Å²) in [5, 5.41) is 12.8. The third-order valence-corrected chi connectivity index (χ3v) is 6.11. The van der Waals surface area contributed by atoms with Crippen molar-refractivity contribution in [1.29, 1.82) is 0 Å². The Morgan fingerprint density at radius 1 is 1.21 bits per heavy atom. The highest BCUT2D eigenvalue weighted by Crippen LogP contribution is 2.34. The van der Waals surface area contributed by atoms with Crippen LogP contribution in [0.15, 0.2) is 53.0 Å². The van der Waals surface area contributed by atoms with Gasteiger partial charge in [-0.1, -0.05) is 44.9 Å². The zero-order valence-electron chi connectivity index (χ0n) is 14.4. The van der Waals surface area contributed by atoms with Crippen molar-refractivity contribution < 1.29 is 9.59 Å². The molecule has 2 amide bonds. The standard InChI is InChI=1S/C19H14BrClN4O2S/c20-13-3-1-2-11(8-13)17(27)22-19-24-23-18(28-19)12-9-16(26)25(10-12)15-6-4-14(21)5-7-15/h1-8,12H,9-10H2,(H,22,24,27). The molecule has 142 valence electrons. The molecule has 1 atom stereocenters. The minimum Gasteiger partial charge on any atom is -0.312 e. The molecule has 6 nitrogen and oxygen atoms in total. The molecule has 28 heavy (non-hydrogen) atoms. The van der Waals surface area contributed by atoms with E-state index in [1.165, 1.54) is 11.3 Å². The number of carbonyl (C=O) groups is 2. The van der Waals surface area contributed by atoms with E-state index in [1.807, 2.05) is 18.2 Å². The summed E-state index contributed by atoms with van der Waals surface area (Å²) in [6, 6.07) is 14.3. The van der Waals surface area contributed by atoms with Gasteiger partial charge in [0.05, 0.1) is 0 Å². The predicted molar refractivity (Wildman–Crippen MR) is 113 cm³/mol. The minimum atomic E-state index is -0.255. The minimum absolute atomic E-state index is 0.0299. The van der Waals surface area contributed by atoms with E-state index in [-0.39, 0.29) is 17.7 Å². The van der Waals surface area contributed by atoms with E-state index < -0.39 is 0 Å². The van der Waals surface area contributed by atoms with Crippen LogP contribution in [0.5, 0.6) is 0 Å². The van der Waals surface area contributed by atoms with Crippen LogP contribution in [0.2, 0.25) is 5.02 Å². The SMILES string of the molecule is O=C(Nc1nnc(C2CC(=O)N(c3ccc(Cl)cc3)C2)s1)c1cccc(Br)c1. The molecule has 9 heteroatoms. The van der Waals surface area contributed by atoms with E-state index in [2.05, 4.69) is 31.4 Å². The smallest absolute Gasteiger partial charge is 0.257 e. The zero-order valence-corrected chi connectivity index (χ0v) is 17.6. The Bertz CT molecular complexity index is 1040. The molecule has 2 aromatic carbocycles. The Morgan fingerprint density at radius 2 is 2.00 bits per heavy atom. The van der Waals surface area contributed by atoms with Crippen LogP contribution >= 0.6 is 38.9 Å². The Morgan fingerprint density at radius 3 is 2.75 bits per heavy atom. The number of hydrogen-bond donors (Lipinski definition) is 1. The molecule has 3 aromatic rings. The summed E-state index contributed by atoms with van der Waals surface area (Å²) in [7, 11) is 0. The highest BCUT2D eigenvalue weighted by Gasteiger charge is 2.34. The second-order valence-electron chi connectivity index (χ2n) is 6.29. The fourth-order valence-corrected chi connectivity index (χ4v) is 4.35. The number of carbonyl (C=O) groups excluding carboxylic acids is 2. The number of aromatic nitrogens is 2. The van der Waals surface area contributed by atoms with E-state index in [0.29, 0.717) is 28.7 Å². The highest BCUT2D eigenvalue weighted by atomic mass is 79.9. The fourth-order valence-electron chi connectivity index (χ4n) is 2.99.